The molecular formula is C19H17NO4. The average Bonchev–Trinajstić information content (AvgIpc) is 2.59. The number of esters is 1. The fraction of sp³-hybridized carbons (Fsp3) is 0.263. The van der Waals surface area contributed by atoms with Crippen LogP contribution in [0.25, 0.3) is 0 Å². The molecule has 5 nitrogen and oxygen atoms in total. The summed E-state index contributed by atoms with van der Waals surface area (Å²) in [5.74, 6) is -0.0409. The monoisotopic (exact) mass is 323 g/mol. The van der Waals surface area contributed by atoms with Crippen LogP contribution in [0.15, 0.2) is 48.5 Å². The molecule has 0 aliphatic carbocycles. The number of hydrogen-bond acceptors (Lipinski definition) is 5. The van der Waals surface area contributed by atoms with Crippen molar-refractivity contribution in [2.75, 3.05) is 0 Å². The summed E-state index contributed by atoms with van der Waals surface area (Å²) in [4.78, 5) is 12.4. The van der Waals surface area contributed by atoms with Crippen molar-refractivity contribution >= 4 is 5.97 Å². The molecule has 5 heteroatoms. The van der Waals surface area contributed by atoms with Crippen LogP contribution in [-0.4, -0.2) is 22.8 Å². The van der Waals surface area contributed by atoms with Crippen molar-refractivity contribution in [3.05, 3.63) is 65.2 Å². The quantitative estimate of drug-likeness (QED) is 0.860. The average molecular weight is 323 g/mol. The van der Waals surface area contributed by atoms with E-state index < -0.39 is 23.8 Å². The molecule has 0 saturated carbocycles. The van der Waals surface area contributed by atoms with Gasteiger partial charge in [-0.15, -0.1) is 0 Å². The number of carbonyl (C=O) groups is 1. The Hall–Kier alpha value is -2.84. The highest BCUT2D eigenvalue weighted by atomic mass is 16.6. The Balaban J connectivity index is 1.99. The minimum Gasteiger partial charge on any atom is -0.485 e. The van der Waals surface area contributed by atoms with Crippen LogP contribution in [0.5, 0.6) is 5.75 Å². The zero-order valence-electron chi connectivity index (χ0n) is 13.4. The van der Waals surface area contributed by atoms with Crippen molar-refractivity contribution in [3.63, 3.8) is 0 Å². The number of carbonyl (C=O) groups excluding carboxylic acids is 1. The minimum absolute atomic E-state index is 0.395. The van der Waals surface area contributed by atoms with E-state index in [1.807, 2.05) is 6.07 Å². The van der Waals surface area contributed by atoms with Crippen LogP contribution in [-0.2, 0) is 4.74 Å². The SMILES string of the molecule is CC1(C)Oc2ccc(C#N)cc2[C@H](OC(=O)c2ccccc2)[C@H]1O. The van der Waals surface area contributed by atoms with Gasteiger partial charge in [-0.1, -0.05) is 18.2 Å². The summed E-state index contributed by atoms with van der Waals surface area (Å²) in [6.07, 6.45) is -1.98. The summed E-state index contributed by atoms with van der Waals surface area (Å²) in [5.41, 5.74) is 0.366. The van der Waals surface area contributed by atoms with Gasteiger partial charge in [-0.25, -0.2) is 4.79 Å². The van der Waals surface area contributed by atoms with E-state index in [0.29, 0.717) is 22.4 Å². The topological polar surface area (TPSA) is 79.5 Å². The fourth-order valence-electron chi connectivity index (χ4n) is 2.70. The van der Waals surface area contributed by atoms with E-state index in [1.165, 1.54) is 0 Å². The molecule has 2 aromatic rings. The molecule has 0 unspecified atom stereocenters. The minimum atomic E-state index is -1.06. The first kappa shape index (κ1) is 16.0. The highest BCUT2D eigenvalue weighted by Crippen LogP contribution is 2.42. The van der Waals surface area contributed by atoms with Crippen LogP contribution < -0.4 is 4.74 Å². The molecule has 0 fully saturated rings. The Morgan fingerprint density at radius 2 is 1.96 bits per heavy atom. The van der Waals surface area contributed by atoms with E-state index in [0.717, 1.165) is 0 Å². The van der Waals surface area contributed by atoms with Gasteiger partial charge in [-0.2, -0.15) is 5.26 Å². The molecule has 0 bridgehead atoms. The predicted molar refractivity (Wildman–Crippen MR) is 86.5 cm³/mol. The molecule has 2 aromatic carbocycles. The van der Waals surface area contributed by atoms with Gasteiger partial charge >= 0.3 is 5.97 Å². The first-order valence-corrected chi connectivity index (χ1v) is 7.59. The number of benzene rings is 2. The van der Waals surface area contributed by atoms with Gasteiger partial charge in [0.1, 0.15) is 17.5 Å². The van der Waals surface area contributed by atoms with Crippen LogP contribution in [0, 0.1) is 11.3 Å². The second kappa shape index (κ2) is 5.99. The van der Waals surface area contributed by atoms with Crippen molar-refractivity contribution in [1.29, 1.82) is 5.26 Å². The predicted octanol–water partition coefficient (Wildman–Crippen LogP) is 2.99. The van der Waals surface area contributed by atoms with Crippen molar-refractivity contribution < 1.29 is 19.4 Å². The second-order valence-corrected chi connectivity index (χ2v) is 6.21. The molecule has 1 aliphatic heterocycles. The highest BCUT2D eigenvalue weighted by Gasteiger charge is 2.45. The number of hydrogen-bond donors (Lipinski definition) is 1. The summed E-state index contributed by atoms with van der Waals surface area (Å²) < 4.78 is 11.4. The lowest BCUT2D eigenvalue weighted by Gasteiger charge is -2.41. The summed E-state index contributed by atoms with van der Waals surface area (Å²) in [6.45, 7) is 3.45. The molecule has 0 aromatic heterocycles. The smallest absolute Gasteiger partial charge is 0.338 e. The van der Waals surface area contributed by atoms with Gasteiger partial charge in [0, 0.05) is 5.56 Å². The van der Waals surface area contributed by atoms with E-state index in [9.17, 15) is 9.90 Å². The third kappa shape index (κ3) is 2.84. The van der Waals surface area contributed by atoms with Gasteiger partial charge in [0.25, 0.3) is 0 Å². The molecule has 1 heterocycles. The van der Waals surface area contributed by atoms with Crippen LogP contribution in [0.1, 0.15) is 41.4 Å². The Morgan fingerprint density at radius 3 is 2.62 bits per heavy atom. The van der Waals surface area contributed by atoms with E-state index in [-0.39, 0.29) is 0 Å². The zero-order chi connectivity index (χ0) is 17.3. The molecule has 2 atom stereocenters. The molecule has 3 rings (SSSR count). The maximum atomic E-state index is 12.4. The largest absolute Gasteiger partial charge is 0.485 e. The van der Waals surface area contributed by atoms with Gasteiger partial charge in [-0.05, 0) is 44.2 Å². The molecule has 1 N–H and O–H groups in total. The van der Waals surface area contributed by atoms with E-state index in [2.05, 4.69) is 0 Å². The number of nitriles is 1. The Morgan fingerprint density at radius 1 is 1.25 bits per heavy atom. The lowest BCUT2D eigenvalue weighted by Crippen LogP contribution is -2.49. The second-order valence-electron chi connectivity index (χ2n) is 6.21. The maximum absolute atomic E-state index is 12.4. The van der Waals surface area contributed by atoms with Crippen molar-refractivity contribution in [2.24, 2.45) is 0 Å². The number of rotatable bonds is 2. The Labute approximate surface area is 140 Å². The van der Waals surface area contributed by atoms with Gasteiger partial charge in [-0.3, -0.25) is 0 Å². The summed E-state index contributed by atoms with van der Waals surface area (Å²) in [5, 5.41) is 19.7. The van der Waals surface area contributed by atoms with Crippen LogP contribution in [0.4, 0.5) is 0 Å². The van der Waals surface area contributed by atoms with Gasteiger partial charge in [0.15, 0.2) is 6.10 Å². The van der Waals surface area contributed by atoms with Crippen molar-refractivity contribution in [2.45, 2.75) is 31.7 Å². The van der Waals surface area contributed by atoms with Gasteiger partial charge < -0.3 is 14.6 Å². The molecule has 0 spiro atoms. The van der Waals surface area contributed by atoms with E-state index in [4.69, 9.17) is 14.7 Å². The maximum Gasteiger partial charge on any atom is 0.338 e. The molecule has 122 valence electrons. The fourth-order valence-corrected chi connectivity index (χ4v) is 2.70. The third-order valence-corrected chi connectivity index (χ3v) is 4.06. The Kier molecular flexibility index (Phi) is 4.00. The van der Waals surface area contributed by atoms with Crippen LogP contribution in [0.3, 0.4) is 0 Å². The molecular weight excluding hydrogens is 306 g/mol. The van der Waals surface area contributed by atoms with E-state index >= 15 is 0 Å². The van der Waals surface area contributed by atoms with Crippen LogP contribution in [0.2, 0.25) is 0 Å². The standard InChI is InChI=1S/C19H17NO4/c1-19(2)17(21)16(23-18(22)13-6-4-3-5-7-13)14-10-12(11-20)8-9-15(14)24-19/h3-10,16-17,21H,1-2H3/t16-,17+/m0/s1. The van der Waals surface area contributed by atoms with E-state index in [1.54, 1.807) is 62.4 Å². The summed E-state index contributed by atoms with van der Waals surface area (Å²) in [7, 11) is 0. The van der Waals surface area contributed by atoms with Crippen molar-refractivity contribution in [3.8, 4) is 11.8 Å². The highest BCUT2D eigenvalue weighted by molar-refractivity contribution is 5.89. The summed E-state index contributed by atoms with van der Waals surface area (Å²) in [6, 6.07) is 15.5. The third-order valence-electron chi connectivity index (χ3n) is 4.06. The molecule has 0 radical (unpaired) electrons. The lowest BCUT2D eigenvalue weighted by molar-refractivity contribution is -0.116. The molecule has 24 heavy (non-hydrogen) atoms. The summed E-state index contributed by atoms with van der Waals surface area (Å²) >= 11 is 0. The molecule has 0 amide bonds. The van der Waals surface area contributed by atoms with Crippen molar-refractivity contribution in [1.82, 2.24) is 0 Å². The molecule has 1 aliphatic rings. The number of ether oxygens (including phenoxy) is 2. The van der Waals surface area contributed by atoms with Crippen LogP contribution >= 0.6 is 0 Å². The number of fused-ring (bicyclic) bond motifs is 1. The van der Waals surface area contributed by atoms with Gasteiger partial charge in [0.2, 0.25) is 0 Å². The number of nitrogens with zero attached hydrogens (tertiary/aromatic N) is 1. The van der Waals surface area contributed by atoms with Gasteiger partial charge in [0.05, 0.1) is 17.2 Å². The normalized spacial score (nSPS) is 21.1. The Bertz CT molecular complexity index is 808. The number of aliphatic hydroxyl groups is 1. The zero-order valence-corrected chi connectivity index (χ0v) is 13.4. The number of aliphatic hydroxyl groups excluding tert-OH is 1. The lowest BCUT2D eigenvalue weighted by atomic mass is 9.87. The first-order valence-electron chi connectivity index (χ1n) is 7.59. The molecule has 0 saturated heterocycles. The first-order chi connectivity index (χ1) is 11.4.